The zero-order valence-corrected chi connectivity index (χ0v) is 10.6. The van der Waals surface area contributed by atoms with E-state index in [1.54, 1.807) is 0 Å². The topological polar surface area (TPSA) is 40.7 Å². The van der Waals surface area contributed by atoms with Crippen molar-refractivity contribution in [2.45, 2.75) is 46.0 Å². The summed E-state index contributed by atoms with van der Waals surface area (Å²) in [6, 6.07) is 0. The third kappa shape index (κ3) is 2.46. The molecule has 3 nitrogen and oxygen atoms in total. The van der Waals surface area contributed by atoms with E-state index in [1.165, 1.54) is 36.3 Å². The van der Waals surface area contributed by atoms with E-state index >= 15 is 0 Å². The first kappa shape index (κ1) is 11.6. The van der Waals surface area contributed by atoms with Crippen LogP contribution in [-0.4, -0.2) is 23.3 Å². The number of hydrogen-bond donors (Lipinski definition) is 2. The highest BCUT2D eigenvalue weighted by Gasteiger charge is 2.21. The van der Waals surface area contributed by atoms with Gasteiger partial charge in [-0.25, -0.2) is 0 Å². The van der Waals surface area contributed by atoms with E-state index in [0.717, 1.165) is 13.0 Å². The molecule has 1 saturated heterocycles. The predicted octanol–water partition coefficient (Wildman–Crippen LogP) is 2.38. The van der Waals surface area contributed by atoms with Gasteiger partial charge in [-0.05, 0) is 44.2 Å². The van der Waals surface area contributed by atoms with Gasteiger partial charge >= 0.3 is 0 Å². The minimum Gasteiger partial charge on any atom is -0.316 e. The molecule has 0 amide bonds. The van der Waals surface area contributed by atoms with Crippen molar-refractivity contribution < 1.29 is 0 Å². The Kier molecular flexibility index (Phi) is 3.64. The number of piperidine rings is 1. The molecular weight excluding hydrogens is 198 g/mol. The molecule has 1 aromatic rings. The molecule has 1 aromatic heterocycles. The Hall–Kier alpha value is -0.830. The molecule has 3 heteroatoms. The summed E-state index contributed by atoms with van der Waals surface area (Å²) in [5, 5.41) is 11.2. The lowest BCUT2D eigenvalue weighted by Gasteiger charge is -2.21. The van der Waals surface area contributed by atoms with Gasteiger partial charge in [0.15, 0.2) is 0 Å². The normalized spacial score (nSPS) is 21.6. The molecule has 0 bridgehead atoms. The standard InChI is InChI=1S/C13H23N3/c1-9(2)7-12-10(3)13(16-15-12)11-5-4-6-14-8-11/h9,11,14H,4-8H2,1-3H3,(H,15,16). The van der Waals surface area contributed by atoms with E-state index in [4.69, 9.17) is 0 Å². The first-order valence-electron chi connectivity index (χ1n) is 6.43. The smallest absolute Gasteiger partial charge is 0.0697 e. The first-order valence-corrected chi connectivity index (χ1v) is 6.43. The fourth-order valence-electron chi connectivity index (χ4n) is 2.54. The van der Waals surface area contributed by atoms with Gasteiger partial charge in [0.25, 0.3) is 0 Å². The Morgan fingerprint density at radius 1 is 1.44 bits per heavy atom. The molecule has 1 atom stereocenters. The van der Waals surface area contributed by atoms with Crippen LogP contribution in [-0.2, 0) is 6.42 Å². The Morgan fingerprint density at radius 2 is 2.25 bits per heavy atom. The molecule has 0 radical (unpaired) electrons. The van der Waals surface area contributed by atoms with Crippen LogP contribution < -0.4 is 5.32 Å². The van der Waals surface area contributed by atoms with Crippen molar-refractivity contribution in [1.29, 1.82) is 0 Å². The number of nitrogens with one attached hydrogen (secondary N) is 2. The molecule has 2 heterocycles. The van der Waals surface area contributed by atoms with Crippen LogP contribution in [0.1, 0.15) is 49.6 Å². The van der Waals surface area contributed by atoms with Gasteiger partial charge in [0.2, 0.25) is 0 Å². The van der Waals surface area contributed by atoms with E-state index < -0.39 is 0 Å². The summed E-state index contributed by atoms with van der Waals surface area (Å²) in [7, 11) is 0. The van der Waals surface area contributed by atoms with Crippen LogP contribution >= 0.6 is 0 Å². The summed E-state index contributed by atoms with van der Waals surface area (Å²) >= 11 is 0. The monoisotopic (exact) mass is 221 g/mol. The molecule has 1 unspecified atom stereocenters. The highest BCUT2D eigenvalue weighted by Crippen LogP contribution is 2.26. The fraction of sp³-hybridized carbons (Fsp3) is 0.769. The molecule has 2 N–H and O–H groups in total. The molecule has 1 fully saturated rings. The van der Waals surface area contributed by atoms with Crippen molar-refractivity contribution in [2.75, 3.05) is 13.1 Å². The third-order valence-electron chi connectivity index (χ3n) is 3.44. The summed E-state index contributed by atoms with van der Waals surface area (Å²) in [5.74, 6) is 1.31. The molecule has 0 aliphatic carbocycles. The minimum atomic E-state index is 0.617. The summed E-state index contributed by atoms with van der Waals surface area (Å²) in [4.78, 5) is 0. The van der Waals surface area contributed by atoms with Crippen LogP contribution in [0.25, 0.3) is 0 Å². The molecule has 1 aliphatic heterocycles. The fourth-order valence-corrected chi connectivity index (χ4v) is 2.54. The van der Waals surface area contributed by atoms with Gasteiger partial charge in [-0.3, -0.25) is 5.10 Å². The average molecular weight is 221 g/mol. The first-order chi connectivity index (χ1) is 7.68. The largest absolute Gasteiger partial charge is 0.316 e. The van der Waals surface area contributed by atoms with Crippen LogP contribution in [0.4, 0.5) is 0 Å². The van der Waals surface area contributed by atoms with Gasteiger partial charge in [-0.15, -0.1) is 0 Å². The van der Waals surface area contributed by atoms with Crippen LogP contribution in [0, 0.1) is 12.8 Å². The van der Waals surface area contributed by atoms with E-state index in [2.05, 4.69) is 36.3 Å². The van der Waals surface area contributed by atoms with E-state index in [9.17, 15) is 0 Å². The maximum Gasteiger partial charge on any atom is 0.0697 e. The van der Waals surface area contributed by atoms with Gasteiger partial charge in [0.05, 0.1) is 5.69 Å². The summed E-state index contributed by atoms with van der Waals surface area (Å²) in [6.45, 7) is 8.97. The second kappa shape index (κ2) is 5.00. The summed E-state index contributed by atoms with van der Waals surface area (Å²) < 4.78 is 0. The van der Waals surface area contributed by atoms with Crippen LogP contribution in [0.5, 0.6) is 0 Å². The average Bonchev–Trinajstić information content (AvgIpc) is 2.61. The van der Waals surface area contributed by atoms with E-state index in [0.29, 0.717) is 11.8 Å². The molecule has 1 aliphatic rings. The Balaban J connectivity index is 2.12. The lowest BCUT2D eigenvalue weighted by molar-refractivity contribution is 0.453. The van der Waals surface area contributed by atoms with E-state index in [1.807, 2.05) is 0 Å². The lowest BCUT2D eigenvalue weighted by Crippen LogP contribution is -2.28. The maximum atomic E-state index is 4.53. The van der Waals surface area contributed by atoms with Gasteiger partial charge in [0.1, 0.15) is 0 Å². The molecular formula is C13H23N3. The van der Waals surface area contributed by atoms with Gasteiger partial charge in [-0.2, -0.15) is 5.10 Å². The number of aromatic nitrogens is 2. The molecule has 90 valence electrons. The molecule has 0 aromatic carbocycles. The van der Waals surface area contributed by atoms with Crippen LogP contribution in [0.2, 0.25) is 0 Å². The minimum absolute atomic E-state index is 0.617. The van der Waals surface area contributed by atoms with Crippen molar-refractivity contribution in [3.63, 3.8) is 0 Å². The number of nitrogens with zero attached hydrogens (tertiary/aromatic N) is 1. The Morgan fingerprint density at radius 3 is 2.88 bits per heavy atom. The molecule has 0 saturated carbocycles. The summed E-state index contributed by atoms with van der Waals surface area (Å²) in [5.41, 5.74) is 4.01. The van der Waals surface area contributed by atoms with Crippen LogP contribution in [0.3, 0.4) is 0 Å². The third-order valence-corrected chi connectivity index (χ3v) is 3.44. The zero-order chi connectivity index (χ0) is 11.5. The van der Waals surface area contributed by atoms with Crippen molar-refractivity contribution in [2.24, 2.45) is 5.92 Å². The summed E-state index contributed by atoms with van der Waals surface area (Å²) in [6.07, 6.45) is 3.66. The maximum absolute atomic E-state index is 4.53. The van der Waals surface area contributed by atoms with Crippen LogP contribution in [0.15, 0.2) is 0 Å². The zero-order valence-electron chi connectivity index (χ0n) is 10.6. The number of H-pyrrole nitrogens is 1. The van der Waals surface area contributed by atoms with Crippen molar-refractivity contribution in [3.05, 3.63) is 17.0 Å². The lowest BCUT2D eigenvalue weighted by atomic mass is 9.92. The number of aromatic amines is 1. The van der Waals surface area contributed by atoms with Gasteiger partial charge in [0, 0.05) is 18.2 Å². The number of rotatable bonds is 3. The van der Waals surface area contributed by atoms with Crippen molar-refractivity contribution >= 4 is 0 Å². The molecule has 16 heavy (non-hydrogen) atoms. The number of hydrogen-bond acceptors (Lipinski definition) is 2. The quantitative estimate of drug-likeness (QED) is 0.822. The Bertz CT molecular complexity index is 335. The SMILES string of the molecule is Cc1c(C2CCCNC2)n[nH]c1CC(C)C. The second-order valence-electron chi connectivity index (χ2n) is 5.35. The van der Waals surface area contributed by atoms with Gasteiger partial charge < -0.3 is 5.32 Å². The predicted molar refractivity (Wildman–Crippen MR) is 66.7 cm³/mol. The molecule has 0 spiro atoms. The Labute approximate surface area is 98.0 Å². The highest BCUT2D eigenvalue weighted by molar-refractivity contribution is 5.27. The van der Waals surface area contributed by atoms with Gasteiger partial charge in [-0.1, -0.05) is 13.8 Å². The highest BCUT2D eigenvalue weighted by atomic mass is 15.1. The van der Waals surface area contributed by atoms with Crippen molar-refractivity contribution in [3.8, 4) is 0 Å². The van der Waals surface area contributed by atoms with E-state index in [-0.39, 0.29) is 0 Å². The second-order valence-corrected chi connectivity index (χ2v) is 5.35. The molecule has 2 rings (SSSR count). The van der Waals surface area contributed by atoms with Crippen molar-refractivity contribution in [1.82, 2.24) is 15.5 Å².